The predicted molar refractivity (Wildman–Crippen MR) is 70.8 cm³/mol. The van der Waals surface area contributed by atoms with Crippen molar-refractivity contribution < 1.29 is 9.15 Å². The lowest BCUT2D eigenvalue weighted by Crippen LogP contribution is -2.40. The van der Waals surface area contributed by atoms with Gasteiger partial charge in [-0.2, -0.15) is 0 Å². The van der Waals surface area contributed by atoms with Crippen LogP contribution in [0.2, 0.25) is 0 Å². The molecular formula is C14H18N2O2. The maximum Gasteiger partial charge on any atom is 0.192 e. The van der Waals surface area contributed by atoms with E-state index < -0.39 is 0 Å². The fraction of sp³-hybridized carbons (Fsp3) is 0.500. The minimum Gasteiger partial charge on any atom is -0.441 e. The molecule has 1 aliphatic rings. The molecule has 4 nitrogen and oxygen atoms in total. The van der Waals surface area contributed by atoms with E-state index in [0.29, 0.717) is 18.0 Å². The van der Waals surface area contributed by atoms with Gasteiger partial charge in [0.2, 0.25) is 0 Å². The van der Waals surface area contributed by atoms with Gasteiger partial charge >= 0.3 is 0 Å². The summed E-state index contributed by atoms with van der Waals surface area (Å²) in [4.78, 5) is 4.34. The van der Waals surface area contributed by atoms with Gasteiger partial charge in [-0.3, -0.25) is 0 Å². The highest BCUT2D eigenvalue weighted by atomic mass is 16.5. The Morgan fingerprint density at radius 1 is 1.44 bits per heavy atom. The highest BCUT2D eigenvalue weighted by Gasteiger charge is 2.29. The van der Waals surface area contributed by atoms with Gasteiger partial charge in [0.05, 0.1) is 6.10 Å². The average Bonchev–Trinajstić information content (AvgIpc) is 2.65. The average molecular weight is 246 g/mol. The lowest BCUT2D eigenvalue weighted by molar-refractivity contribution is 0.00299. The number of nitrogens with one attached hydrogen (secondary N) is 1. The van der Waals surface area contributed by atoms with Crippen molar-refractivity contribution in [3.63, 3.8) is 0 Å². The van der Waals surface area contributed by atoms with Crippen molar-refractivity contribution in [3.8, 4) is 0 Å². The van der Waals surface area contributed by atoms with E-state index in [0.717, 1.165) is 36.2 Å². The Morgan fingerprint density at radius 2 is 2.28 bits per heavy atom. The largest absolute Gasteiger partial charge is 0.441 e. The molecular weight excluding hydrogens is 228 g/mol. The SMILES string of the molecule is CCOC1CC(Nc2ccc3oc(C)nc3c2)C1. The smallest absolute Gasteiger partial charge is 0.192 e. The van der Waals surface area contributed by atoms with Crippen LogP contribution in [0.25, 0.3) is 11.1 Å². The van der Waals surface area contributed by atoms with Crippen molar-refractivity contribution in [2.24, 2.45) is 0 Å². The molecule has 4 heteroatoms. The Labute approximate surface area is 106 Å². The van der Waals surface area contributed by atoms with Gasteiger partial charge < -0.3 is 14.5 Å². The first-order valence-corrected chi connectivity index (χ1v) is 6.50. The quantitative estimate of drug-likeness (QED) is 0.900. The van der Waals surface area contributed by atoms with E-state index in [1.54, 1.807) is 0 Å². The topological polar surface area (TPSA) is 47.3 Å². The Balaban J connectivity index is 1.65. The minimum absolute atomic E-state index is 0.436. The molecule has 1 aromatic heterocycles. The van der Waals surface area contributed by atoms with E-state index in [2.05, 4.69) is 10.3 Å². The van der Waals surface area contributed by atoms with Gasteiger partial charge in [-0.05, 0) is 38.0 Å². The monoisotopic (exact) mass is 246 g/mol. The maximum atomic E-state index is 5.55. The third-order valence-electron chi connectivity index (χ3n) is 3.36. The summed E-state index contributed by atoms with van der Waals surface area (Å²) >= 11 is 0. The summed E-state index contributed by atoms with van der Waals surface area (Å²) in [5, 5.41) is 3.51. The number of hydrogen-bond acceptors (Lipinski definition) is 4. The molecule has 0 amide bonds. The van der Waals surface area contributed by atoms with Crippen LogP contribution in [0.1, 0.15) is 25.7 Å². The number of aryl methyl sites for hydroxylation is 1. The van der Waals surface area contributed by atoms with Crippen molar-refractivity contribution in [1.82, 2.24) is 4.98 Å². The van der Waals surface area contributed by atoms with Crippen LogP contribution in [-0.2, 0) is 4.74 Å². The van der Waals surface area contributed by atoms with Gasteiger partial charge in [-0.15, -0.1) is 0 Å². The Kier molecular flexibility index (Phi) is 2.96. The first-order chi connectivity index (χ1) is 8.74. The highest BCUT2D eigenvalue weighted by Crippen LogP contribution is 2.28. The summed E-state index contributed by atoms with van der Waals surface area (Å²) in [5.74, 6) is 0.710. The third-order valence-corrected chi connectivity index (χ3v) is 3.36. The van der Waals surface area contributed by atoms with E-state index in [1.165, 1.54) is 0 Å². The first kappa shape index (κ1) is 11.5. The molecule has 1 heterocycles. The molecule has 1 aliphatic carbocycles. The van der Waals surface area contributed by atoms with E-state index in [9.17, 15) is 0 Å². The first-order valence-electron chi connectivity index (χ1n) is 6.50. The number of oxazole rings is 1. The summed E-state index contributed by atoms with van der Waals surface area (Å²) in [6, 6.07) is 6.57. The summed E-state index contributed by atoms with van der Waals surface area (Å²) < 4.78 is 11.0. The fourth-order valence-corrected chi connectivity index (χ4v) is 2.42. The molecule has 0 atom stereocenters. The van der Waals surface area contributed by atoms with Crippen molar-refractivity contribution in [2.45, 2.75) is 38.8 Å². The molecule has 0 bridgehead atoms. The molecule has 1 saturated carbocycles. The van der Waals surface area contributed by atoms with Gasteiger partial charge in [-0.25, -0.2) is 4.98 Å². The molecule has 96 valence electrons. The maximum absolute atomic E-state index is 5.55. The van der Waals surface area contributed by atoms with Crippen molar-refractivity contribution >= 4 is 16.8 Å². The van der Waals surface area contributed by atoms with Gasteiger partial charge in [0.25, 0.3) is 0 Å². The number of hydrogen-bond donors (Lipinski definition) is 1. The molecule has 1 aromatic carbocycles. The van der Waals surface area contributed by atoms with Gasteiger partial charge in [0.1, 0.15) is 5.52 Å². The van der Waals surface area contributed by atoms with Crippen LogP contribution >= 0.6 is 0 Å². The Bertz CT molecular complexity index is 544. The van der Waals surface area contributed by atoms with Gasteiger partial charge in [-0.1, -0.05) is 0 Å². The fourth-order valence-electron chi connectivity index (χ4n) is 2.42. The van der Waals surface area contributed by atoms with Crippen LogP contribution < -0.4 is 5.32 Å². The number of anilines is 1. The number of aromatic nitrogens is 1. The number of benzene rings is 1. The van der Waals surface area contributed by atoms with Crippen molar-refractivity contribution in [3.05, 3.63) is 24.1 Å². The molecule has 0 spiro atoms. The van der Waals surface area contributed by atoms with Crippen LogP contribution in [0, 0.1) is 6.92 Å². The van der Waals surface area contributed by atoms with Crippen LogP contribution in [0.4, 0.5) is 5.69 Å². The number of rotatable bonds is 4. The standard InChI is InChI=1S/C14H18N2O2/c1-3-17-12-6-11(7-12)16-10-4-5-14-13(8-10)15-9(2)18-14/h4-5,8,11-12,16H,3,6-7H2,1-2H3. The number of ether oxygens (including phenoxy) is 1. The third kappa shape index (κ3) is 2.20. The number of fused-ring (bicyclic) bond motifs is 1. The second-order valence-electron chi connectivity index (χ2n) is 4.81. The van der Waals surface area contributed by atoms with E-state index >= 15 is 0 Å². The van der Waals surface area contributed by atoms with E-state index in [1.807, 2.05) is 32.0 Å². The van der Waals surface area contributed by atoms with Crippen LogP contribution in [0.15, 0.2) is 22.6 Å². The van der Waals surface area contributed by atoms with Crippen LogP contribution in [0.5, 0.6) is 0 Å². The normalized spacial score (nSPS) is 23.0. The highest BCUT2D eigenvalue weighted by molar-refractivity contribution is 5.77. The summed E-state index contributed by atoms with van der Waals surface area (Å²) in [6.07, 6.45) is 2.61. The predicted octanol–water partition coefficient (Wildman–Crippen LogP) is 3.12. The molecule has 0 radical (unpaired) electrons. The van der Waals surface area contributed by atoms with Crippen LogP contribution in [-0.4, -0.2) is 23.7 Å². The minimum atomic E-state index is 0.436. The molecule has 18 heavy (non-hydrogen) atoms. The molecule has 0 saturated heterocycles. The zero-order valence-electron chi connectivity index (χ0n) is 10.8. The lowest BCUT2D eigenvalue weighted by atomic mass is 9.89. The molecule has 3 rings (SSSR count). The summed E-state index contributed by atoms with van der Waals surface area (Å²) in [7, 11) is 0. The Morgan fingerprint density at radius 3 is 3.06 bits per heavy atom. The van der Waals surface area contributed by atoms with Crippen LogP contribution in [0.3, 0.4) is 0 Å². The lowest BCUT2D eigenvalue weighted by Gasteiger charge is -2.36. The van der Waals surface area contributed by atoms with Crippen molar-refractivity contribution in [2.75, 3.05) is 11.9 Å². The molecule has 2 aromatic rings. The zero-order valence-corrected chi connectivity index (χ0v) is 10.8. The molecule has 0 aliphatic heterocycles. The second-order valence-corrected chi connectivity index (χ2v) is 4.81. The van der Waals surface area contributed by atoms with E-state index in [4.69, 9.17) is 9.15 Å². The molecule has 1 fully saturated rings. The Hall–Kier alpha value is -1.55. The molecule has 1 N–H and O–H groups in total. The van der Waals surface area contributed by atoms with Gasteiger partial charge in [0.15, 0.2) is 11.5 Å². The summed E-state index contributed by atoms with van der Waals surface area (Å²) in [6.45, 7) is 4.72. The van der Waals surface area contributed by atoms with E-state index in [-0.39, 0.29) is 0 Å². The number of nitrogens with zero attached hydrogens (tertiary/aromatic N) is 1. The second kappa shape index (κ2) is 4.61. The van der Waals surface area contributed by atoms with Gasteiger partial charge in [0, 0.05) is 25.3 Å². The zero-order chi connectivity index (χ0) is 12.5. The summed E-state index contributed by atoms with van der Waals surface area (Å²) in [5.41, 5.74) is 2.87. The van der Waals surface area contributed by atoms with Crippen molar-refractivity contribution in [1.29, 1.82) is 0 Å². The molecule has 0 unspecified atom stereocenters.